The van der Waals surface area contributed by atoms with E-state index in [1.54, 1.807) is 30.3 Å². The number of anilines is 1. The van der Waals surface area contributed by atoms with Crippen LogP contribution in [0.3, 0.4) is 0 Å². The van der Waals surface area contributed by atoms with Crippen LogP contribution in [0.2, 0.25) is 0 Å². The van der Waals surface area contributed by atoms with Crippen molar-refractivity contribution in [2.75, 3.05) is 18.7 Å². The molecule has 0 aliphatic rings. The number of amides is 1. The zero-order valence-electron chi connectivity index (χ0n) is 12.7. The molecule has 0 aliphatic heterocycles. The molecular weight excluding hydrogens is 352 g/mol. The Labute approximate surface area is 142 Å². The third kappa shape index (κ3) is 4.37. The van der Waals surface area contributed by atoms with Gasteiger partial charge in [0.1, 0.15) is 17.4 Å². The van der Waals surface area contributed by atoms with Gasteiger partial charge in [0.2, 0.25) is 15.0 Å². The van der Waals surface area contributed by atoms with E-state index in [1.165, 1.54) is 13.2 Å². The number of hydrogen-bond donors (Lipinski definition) is 1. The molecule has 1 heterocycles. The van der Waals surface area contributed by atoms with Crippen LogP contribution in [0, 0.1) is 11.3 Å². The lowest BCUT2D eigenvalue weighted by molar-refractivity contribution is -0.112. The molecule has 1 aromatic heterocycles. The molecule has 24 heavy (non-hydrogen) atoms. The Hall–Kier alpha value is -2.77. The predicted molar refractivity (Wildman–Crippen MR) is 88.2 cm³/mol. The first-order valence-corrected chi connectivity index (χ1v) is 9.11. The van der Waals surface area contributed by atoms with Gasteiger partial charge in [0.15, 0.2) is 0 Å². The quantitative estimate of drug-likeness (QED) is 0.630. The van der Waals surface area contributed by atoms with Gasteiger partial charge in [0.05, 0.1) is 7.11 Å². The van der Waals surface area contributed by atoms with E-state index in [0.29, 0.717) is 11.3 Å². The fraction of sp³-hybridized carbons (Fsp3) is 0.143. The van der Waals surface area contributed by atoms with Crippen molar-refractivity contribution in [1.82, 2.24) is 9.36 Å². The minimum atomic E-state index is -3.55. The van der Waals surface area contributed by atoms with Crippen LogP contribution in [0.5, 0.6) is 5.75 Å². The molecule has 8 nitrogen and oxygen atoms in total. The first-order chi connectivity index (χ1) is 11.3. The number of hydrogen-bond acceptors (Lipinski definition) is 8. The smallest absolute Gasteiger partial charge is 0.268 e. The summed E-state index contributed by atoms with van der Waals surface area (Å²) in [7, 11) is -2.02. The van der Waals surface area contributed by atoms with E-state index in [4.69, 9.17) is 10.00 Å². The molecule has 0 spiro atoms. The van der Waals surface area contributed by atoms with Crippen molar-refractivity contribution in [3.8, 4) is 11.8 Å². The van der Waals surface area contributed by atoms with E-state index in [-0.39, 0.29) is 15.9 Å². The Bertz CT molecular complexity index is 924. The van der Waals surface area contributed by atoms with E-state index in [9.17, 15) is 13.2 Å². The highest BCUT2D eigenvalue weighted by Crippen LogP contribution is 2.17. The van der Waals surface area contributed by atoms with Crippen molar-refractivity contribution in [3.63, 3.8) is 0 Å². The summed E-state index contributed by atoms with van der Waals surface area (Å²) in [5.41, 5.74) is 0.480. The van der Waals surface area contributed by atoms with Gasteiger partial charge in [0.25, 0.3) is 11.1 Å². The lowest BCUT2D eigenvalue weighted by atomic mass is 10.1. The molecule has 124 valence electrons. The maximum Gasteiger partial charge on any atom is 0.268 e. The second-order valence-electron chi connectivity index (χ2n) is 4.55. The highest BCUT2D eigenvalue weighted by atomic mass is 32.2. The van der Waals surface area contributed by atoms with E-state index in [1.807, 2.05) is 0 Å². The molecule has 1 amide bonds. The number of rotatable bonds is 5. The molecule has 1 N–H and O–H groups in total. The summed E-state index contributed by atoms with van der Waals surface area (Å²) < 4.78 is 31.3. The van der Waals surface area contributed by atoms with E-state index in [2.05, 4.69) is 14.7 Å². The lowest BCUT2D eigenvalue weighted by Crippen LogP contribution is -2.13. The molecule has 0 radical (unpaired) electrons. The summed E-state index contributed by atoms with van der Waals surface area (Å²) in [6.45, 7) is 0. The second kappa shape index (κ2) is 7.20. The molecule has 0 saturated heterocycles. The summed E-state index contributed by atoms with van der Waals surface area (Å²) >= 11 is 0.718. The number of benzene rings is 1. The molecule has 0 aliphatic carbocycles. The fourth-order valence-corrected chi connectivity index (χ4v) is 3.03. The Morgan fingerprint density at radius 2 is 2.04 bits per heavy atom. The summed E-state index contributed by atoms with van der Waals surface area (Å²) in [4.78, 5) is 15.8. The minimum Gasteiger partial charge on any atom is -0.497 e. The van der Waals surface area contributed by atoms with Gasteiger partial charge in [-0.1, -0.05) is 12.1 Å². The van der Waals surface area contributed by atoms with Gasteiger partial charge in [-0.2, -0.15) is 14.6 Å². The Morgan fingerprint density at radius 3 is 2.54 bits per heavy atom. The number of nitrogens with one attached hydrogen (secondary N) is 1. The van der Waals surface area contributed by atoms with Crippen LogP contribution in [0.4, 0.5) is 5.13 Å². The number of nitriles is 1. The van der Waals surface area contributed by atoms with Crippen molar-refractivity contribution in [2.45, 2.75) is 5.16 Å². The van der Waals surface area contributed by atoms with Crippen LogP contribution in [0.15, 0.2) is 35.0 Å². The second-order valence-corrected chi connectivity index (χ2v) is 7.21. The summed E-state index contributed by atoms with van der Waals surface area (Å²) in [6.07, 6.45) is 2.36. The van der Waals surface area contributed by atoms with Crippen LogP contribution >= 0.6 is 11.5 Å². The molecule has 0 atom stereocenters. The lowest BCUT2D eigenvalue weighted by Gasteiger charge is -2.01. The minimum absolute atomic E-state index is 0.00342. The van der Waals surface area contributed by atoms with E-state index >= 15 is 0 Å². The molecule has 0 bridgehead atoms. The number of methoxy groups -OCH3 is 1. The van der Waals surface area contributed by atoms with Crippen LogP contribution < -0.4 is 10.1 Å². The average molecular weight is 364 g/mol. The van der Waals surface area contributed by atoms with Crippen LogP contribution in [-0.4, -0.2) is 37.0 Å². The number of aromatic nitrogens is 2. The monoisotopic (exact) mass is 364 g/mol. The third-order valence-electron chi connectivity index (χ3n) is 2.75. The molecule has 0 unspecified atom stereocenters. The van der Waals surface area contributed by atoms with Gasteiger partial charge in [-0.3, -0.25) is 10.1 Å². The van der Waals surface area contributed by atoms with Gasteiger partial charge in [0, 0.05) is 17.8 Å². The van der Waals surface area contributed by atoms with Gasteiger partial charge >= 0.3 is 0 Å². The highest BCUT2D eigenvalue weighted by Gasteiger charge is 2.17. The summed E-state index contributed by atoms with van der Waals surface area (Å²) in [5.74, 6) is -0.0539. The van der Waals surface area contributed by atoms with Crippen molar-refractivity contribution < 1.29 is 17.9 Å². The van der Waals surface area contributed by atoms with Crippen molar-refractivity contribution in [2.24, 2.45) is 0 Å². The van der Waals surface area contributed by atoms with Crippen molar-refractivity contribution in [3.05, 3.63) is 35.4 Å². The number of carbonyl (C=O) groups excluding carboxylic acids is 1. The normalized spacial score (nSPS) is 11.6. The van der Waals surface area contributed by atoms with Gasteiger partial charge in [-0.25, -0.2) is 8.42 Å². The molecule has 1 aromatic carbocycles. The van der Waals surface area contributed by atoms with Gasteiger partial charge in [-0.05, 0) is 23.8 Å². The molecule has 10 heteroatoms. The zero-order valence-corrected chi connectivity index (χ0v) is 14.3. The maximum atomic E-state index is 12.1. The first-order valence-electron chi connectivity index (χ1n) is 6.44. The molecule has 0 saturated carbocycles. The Kier molecular flexibility index (Phi) is 5.28. The van der Waals surface area contributed by atoms with Crippen LogP contribution in [-0.2, 0) is 14.6 Å². The fourth-order valence-electron chi connectivity index (χ4n) is 1.59. The third-order valence-corrected chi connectivity index (χ3v) is 4.34. The Morgan fingerprint density at radius 1 is 1.38 bits per heavy atom. The zero-order chi connectivity index (χ0) is 17.7. The van der Waals surface area contributed by atoms with Crippen molar-refractivity contribution in [1.29, 1.82) is 5.26 Å². The highest BCUT2D eigenvalue weighted by molar-refractivity contribution is 7.90. The van der Waals surface area contributed by atoms with E-state index in [0.717, 1.165) is 17.8 Å². The number of ether oxygens (including phenoxy) is 1. The SMILES string of the molecule is COc1ccc(/C=C(/C#N)C(=O)Nc2nc(S(C)(=O)=O)ns2)cc1. The number of sulfone groups is 1. The van der Waals surface area contributed by atoms with E-state index < -0.39 is 15.7 Å². The first kappa shape index (κ1) is 17.6. The van der Waals surface area contributed by atoms with Crippen molar-refractivity contribution >= 4 is 38.5 Å². The summed E-state index contributed by atoms with van der Waals surface area (Å²) in [6, 6.07) is 8.57. The largest absolute Gasteiger partial charge is 0.497 e. The standard InChI is InChI=1S/C14H12N4O4S2/c1-22-11-5-3-9(4-6-11)7-10(8-15)12(19)16-13-17-14(18-23-13)24(2,20)21/h3-7H,1-2H3,(H,16,17,18,19)/b10-7-. The topological polar surface area (TPSA) is 122 Å². The average Bonchev–Trinajstić information content (AvgIpc) is 3.01. The van der Waals surface area contributed by atoms with Crippen LogP contribution in [0.25, 0.3) is 6.08 Å². The molecule has 0 fully saturated rings. The predicted octanol–water partition coefficient (Wildman–Crippen LogP) is 1.50. The molecule has 2 rings (SSSR count). The number of carbonyl (C=O) groups is 1. The number of nitrogens with zero attached hydrogens (tertiary/aromatic N) is 3. The Balaban J connectivity index is 2.18. The molecule has 2 aromatic rings. The maximum absolute atomic E-state index is 12.1. The van der Waals surface area contributed by atoms with Gasteiger partial charge in [-0.15, -0.1) is 0 Å². The molecular formula is C14H12N4O4S2. The van der Waals surface area contributed by atoms with Crippen LogP contribution in [0.1, 0.15) is 5.56 Å². The van der Waals surface area contributed by atoms with Gasteiger partial charge < -0.3 is 4.74 Å². The summed E-state index contributed by atoms with van der Waals surface area (Å²) in [5, 5.41) is 11.1.